The van der Waals surface area contributed by atoms with Gasteiger partial charge in [-0.25, -0.2) is 9.97 Å². The van der Waals surface area contributed by atoms with E-state index in [-0.39, 0.29) is 5.92 Å². The Morgan fingerprint density at radius 1 is 1.20 bits per heavy atom. The van der Waals surface area contributed by atoms with E-state index in [1.54, 1.807) is 51.0 Å². The second kappa shape index (κ2) is 7.36. The highest BCUT2D eigenvalue weighted by Gasteiger charge is 2.18. The lowest BCUT2D eigenvalue weighted by molar-refractivity contribution is 0.398. The smallest absolute Gasteiger partial charge is 0.212 e. The molecule has 25 heavy (non-hydrogen) atoms. The van der Waals surface area contributed by atoms with Crippen molar-refractivity contribution in [2.75, 3.05) is 14.2 Å². The summed E-state index contributed by atoms with van der Waals surface area (Å²) in [5.41, 5.74) is 3.29. The average molecular weight is 354 g/mol. The molecule has 1 N–H and O–H groups in total. The molecule has 3 aromatic heterocycles. The van der Waals surface area contributed by atoms with Crippen LogP contribution in [0.15, 0.2) is 47.7 Å². The van der Waals surface area contributed by atoms with Crippen molar-refractivity contribution in [2.45, 2.75) is 5.92 Å². The van der Waals surface area contributed by atoms with Crippen LogP contribution in [0.4, 0.5) is 0 Å². The number of hydrogen-bond donors (Lipinski definition) is 1. The number of aliphatic imine (C=N–C) groups is 1. The molecule has 7 heteroatoms. The highest BCUT2D eigenvalue weighted by molar-refractivity contribution is 6.29. The first kappa shape index (κ1) is 17.0. The van der Waals surface area contributed by atoms with E-state index in [0.717, 1.165) is 11.1 Å². The fourth-order valence-corrected chi connectivity index (χ4v) is 2.64. The van der Waals surface area contributed by atoms with Crippen LogP contribution in [0.3, 0.4) is 0 Å². The van der Waals surface area contributed by atoms with Gasteiger partial charge in [0.15, 0.2) is 0 Å². The lowest BCUT2D eigenvalue weighted by atomic mass is 9.92. The Kier molecular flexibility index (Phi) is 5.00. The summed E-state index contributed by atoms with van der Waals surface area (Å²) < 4.78 is 5.06. The normalized spacial score (nSPS) is 12.4. The fraction of sp³-hybridized carbons (Fsp3) is 0.167. The summed E-state index contributed by atoms with van der Waals surface area (Å²) in [6.45, 7) is 0. The quantitative estimate of drug-likeness (QED) is 0.561. The van der Waals surface area contributed by atoms with Gasteiger partial charge in [-0.15, -0.1) is 0 Å². The molecule has 0 aromatic carbocycles. The Bertz CT molecular complexity index is 940. The molecule has 0 saturated heterocycles. The van der Waals surface area contributed by atoms with Gasteiger partial charge in [0.1, 0.15) is 5.15 Å². The molecule has 0 spiro atoms. The molecule has 3 rings (SSSR count). The van der Waals surface area contributed by atoms with Gasteiger partial charge in [-0.3, -0.25) is 9.98 Å². The van der Waals surface area contributed by atoms with Crippen molar-refractivity contribution >= 4 is 34.6 Å². The molecule has 0 saturated carbocycles. The summed E-state index contributed by atoms with van der Waals surface area (Å²) in [5, 5.41) is 8.96. The predicted octanol–water partition coefficient (Wildman–Crippen LogP) is 3.54. The van der Waals surface area contributed by atoms with Crippen LogP contribution in [-0.2, 0) is 0 Å². The van der Waals surface area contributed by atoms with Gasteiger partial charge in [0.25, 0.3) is 0 Å². The average Bonchev–Trinajstić information content (AvgIpc) is 2.65. The Labute approximate surface area is 150 Å². The summed E-state index contributed by atoms with van der Waals surface area (Å²) >= 11 is 5.97. The molecule has 0 fully saturated rings. The molecule has 0 aliphatic carbocycles. The van der Waals surface area contributed by atoms with Crippen LogP contribution >= 0.6 is 11.6 Å². The SMILES string of the molecule is CN=CC(C(=N)c1ccc(OC)nc1)c1cnc2ccc(Cl)nc2c1. The van der Waals surface area contributed by atoms with Gasteiger partial charge in [-0.05, 0) is 29.8 Å². The maximum Gasteiger partial charge on any atom is 0.212 e. The van der Waals surface area contributed by atoms with Gasteiger partial charge >= 0.3 is 0 Å². The Morgan fingerprint density at radius 2 is 2.04 bits per heavy atom. The summed E-state index contributed by atoms with van der Waals surface area (Å²) in [5.74, 6) is 0.140. The van der Waals surface area contributed by atoms with Crippen molar-refractivity contribution in [3.8, 4) is 5.88 Å². The molecular weight excluding hydrogens is 338 g/mol. The first-order valence-corrected chi connectivity index (χ1v) is 7.93. The first-order valence-electron chi connectivity index (χ1n) is 7.55. The molecule has 1 unspecified atom stereocenters. The minimum absolute atomic E-state index is 0.363. The number of methoxy groups -OCH3 is 1. The number of pyridine rings is 3. The van der Waals surface area contributed by atoms with E-state index >= 15 is 0 Å². The second-order valence-electron chi connectivity index (χ2n) is 5.33. The Morgan fingerprint density at radius 3 is 2.72 bits per heavy atom. The van der Waals surface area contributed by atoms with E-state index in [2.05, 4.69) is 19.9 Å². The molecule has 0 aliphatic heterocycles. The van der Waals surface area contributed by atoms with Crippen LogP contribution in [0.2, 0.25) is 5.15 Å². The third-order valence-electron chi connectivity index (χ3n) is 3.75. The summed E-state index contributed by atoms with van der Waals surface area (Å²) in [6, 6.07) is 8.92. The minimum Gasteiger partial charge on any atom is -0.481 e. The third-order valence-corrected chi connectivity index (χ3v) is 3.96. The number of ether oxygens (including phenoxy) is 1. The van der Waals surface area contributed by atoms with Crippen molar-refractivity contribution in [3.63, 3.8) is 0 Å². The molecule has 3 aromatic rings. The maximum absolute atomic E-state index is 8.56. The number of rotatable bonds is 5. The molecular formula is C18H16ClN5O. The Balaban J connectivity index is 2.01. The lowest BCUT2D eigenvalue weighted by Crippen LogP contribution is -2.15. The number of aromatic nitrogens is 3. The van der Waals surface area contributed by atoms with Crippen LogP contribution in [0.5, 0.6) is 5.88 Å². The van der Waals surface area contributed by atoms with E-state index < -0.39 is 0 Å². The second-order valence-corrected chi connectivity index (χ2v) is 5.72. The molecule has 1 atom stereocenters. The Hall–Kier alpha value is -2.86. The summed E-state index contributed by atoms with van der Waals surface area (Å²) in [6.07, 6.45) is 5.05. The lowest BCUT2D eigenvalue weighted by Gasteiger charge is -2.15. The first-order chi connectivity index (χ1) is 12.1. The van der Waals surface area contributed by atoms with Gasteiger partial charge < -0.3 is 10.1 Å². The molecule has 126 valence electrons. The summed E-state index contributed by atoms with van der Waals surface area (Å²) in [4.78, 5) is 17.0. The van der Waals surface area contributed by atoms with Crippen molar-refractivity contribution in [1.29, 1.82) is 5.41 Å². The van der Waals surface area contributed by atoms with Crippen molar-refractivity contribution < 1.29 is 4.74 Å². The number of nitrogens with one attached hydrogen (secondary N) is 1. The zero-order chi connectivity index (χ0) is 17.8. The summed E-state index contributed by atoms with van der Waals surface area (Å²) in [7, 11) is 3.23. The van der Waals surface area contributed by atoms with E-state index in [1.165, 1.54) is 0 Å². The molecule has 0 amide bonds. The number of hydrogen-bond acceptors (Lipinski definition) is 6. The van der Waals surface area contributed by atoms with E-state index in [0.29, 0.717) is 27.8 Å². The van der Waals surface area contributed by atoms with Gasteiger partial charge in [0, 0.05) is 37.3 Å². The highest BCUT2D eigenvalue weighted by atomic mass is 35.5. The molecule has 0 radical (unpaired) electrons. The van der Waals surface area contributed by atoms with Crippen molar-refractivity contribution in [3.05, 3.63) is 59.0 Å². The van der Waals surface area contributed by atoms with Gasteiger partial charge in [-0.2, -0.15) is 0 Å². The van der Waals surface area contributed by atoms with Crippen LogP contribution in [0, 0.1) is 5.41 Å². The third kappa shape index (κ3) is 3.64. The number of fused-ring (bicyclic) bond motifs is 1. The molecule has 0 bridgehead atoms. The minimum atomic E-state index is -0.363. The number of halogens is 1. The monoisotopic (exact) mass is 353 g/mol. The van der Waals surface area contributed by atoms with E-state index in [9.17, 15) is 0 Å². The zero-order valence-corrected chi connectivity index (χ0v) is 14.5. The van der Waals surface area contributed by atoms with Crippen LogP contribution < -0.4 is 4.74 Å². The van der Waals surface area contributed by atoms with E-state index in [1.807, 2.05) is 12.1 Å². The molecule has 6 nitrogen and oxygen atoms in total. The largest absolute Gasteiger partial charge is 0.481 e. The highest BCUT2D eigenvalue weighted by Crippen LogP contribution is 2.23. The topological polar surface area (TPSA) is 84.1 Å². The van der Waals surface area contributed by atoms with Crippen LogP contribution in [-0.4, -0.2) is 41.0 Å². The molecule has 3 heterocycles. The standard InChI is InChI=1S/C18H16ClN5O/c1-21-10-13(18(20)11-3-6-17(25-2)23-8-11)12-7-15-14(22-9-12)4-5-16(19)24-15/h3-10,13,20H,1-2H3. The molecule has 0 aliphatic rings. The maximum atomic E-state index is 8.56. The van der Waals surface area contributed by atoms with Gasteiger partial charge in [-0.1, -0.05) is 11.6 Å². The van der Waals surface area contributed by atoms with Gasteiger partial charge in [0.2, 0.25) is 5.88 Å². The number of nitrogens with zero attached hydrogens (tertiary/aromatic N) is 4. The van der Waals surface area contributed by atoms with Crippen molar-refractivity contribution in [1.82, 2.24) is 15.0 Å². The van der Waals surface area contributed by atoms with Crippen LogP contribution in [0.25, 0.3) is 11.0 Å². The fourth-order valence-electron chi connectivity index (χ4n) is 2.48. The predicted molar refractivity (Wildman–Crippen MR) is 99.3 cm³/mol. The zero-order valence-electron chi connectivity index (χ0n) is 13.8. The van der Waals surface area contributed by atoms with Crippen molar-refractivity contribution in [2.24, 2.45) is 4.99 Å². The van der Waals surface area contributed by atoms with Crippen LogP contribution in [0.1, 0.15) is 17.0 Å². The van der Waals surface area contributed by atoms with E-state index in [4.69, 9.17) is 21.7 Å². The van der Waals surface area contributed by atoms with Gasteiger partial charge in [0.05, 0.1) is 29.8 Å².